The highest BCUT2D eigenvalue weighted by Gasteiger charge is 2.12. The molecule has 2 aromatic carbocycles. The first-order valence-electron chi connectivity index (χ1n) is 7.85. The predicted octanol–water partition coefficient (Wildman–Crippen LogP) is 4.40. The predicted molar refractivity (Wildman–Crippen MR) is 96.8 cm³/mol. The minimum absolute atomic E-state index is 0.258. The lowest BCUT2D eigenvalue weighted by atomic mass is 10.1. The van der Waals surface area contributed by atoms with Gasteiger partial charge in [-0.3, -0.25) is 9.59 Å². The number of primary amides is 1. The quantitative estimate of drug-likeness (QED) is 0.881. The monoisotopic (exact) mass is 314 g/mol. The zero-order valence-corrected chi connectivity index (χ0v) is 14.5. The largest absolute Gasteiger partial charge is 0.366 e. The second kappa shape index (κ2) is 11.0. The molecule has 124 valence electrons. The number of rotatable bonds is 3. The van der Waals surface area contributed by atoms with Crippen molar-refractivity contribution >= 4 is 17.5 Å². The summed E-state index contributed by atoms with van der Waals surface area (Å²) in [5.74, 6) is -0.826. The van der Waals surface area contributed by atoms with Gasteiger partial charge >= 0.3 is 0 Å². The van der Waals surface area contributed by atoms with Crippen LogP contribution in [0.25, 0.3) is 0 Å². The molecule has 2 amide bonds. The zero-order chi connectivity index (χ0) is 17.8. The molecule has 0 aliphatic heterocycles. The van der Waals surface area contributed by atoms with Crippen LogP contribution in [-0.4, -0.2) is 11.8 Å². The van der Waals surface area contributed by atoms with Crippen LogP contribution in [-0.2, 0) is 0 Å². The Morgan fingerprint density at radius 2 is 1.30 bits per heavy atom. The Balaban J connectivity index is 0.00000112. The fourth-order valence-corrected chi connectivity index (χ4v) is 1.82. The second-order valence-electron chi connectivity index (χ2n) is 4.18. The number of carbonyl (C=O) groups is 2. The molecule has 0 radical (unpaired) electrons. The van der Waals surface area contributed by atoms with Gasteiger partial charge in [0, 0.05) is 5.56 Å². The topological polar surface area (TPSA) is 72.2 Å². The van der Waals surface area contributed by atoms with Crippen molar-refractivity contribution in [1.82, 2.24) is 0 Å². The smallest absolute Gasteiger partial charge is 0.255 e. The summed E-state index contributed by atoms with van der Waals surface area (Å²) in [6, 6.07) is 13.9. The Kier molecular flexibility index (Phi) is 9.76. The highest BCUT2D eigenvalue weighted by Crippen LogP contribution is 2.16. The standard InChI is InChI=1S/C15H14N2O2.2C2H6/c1-10-6-2-3-7-11(10)15(19)17-13-9-5-4-8-12(13)14(16)18;2*1-2/h2-9H,1H3,(H2,16,18)(H,17,19);2*1-2H3. The molecule has 0 fully saturated rings. The van der Waals surface area contributed by atoms with Crippen molar-refractivity contribution in [2.45, 2.75) is 34.6 Å². The van der Waals surface area contributed by atoms with Crippen LogP contribution >= 0.6 is 0 Å². The fourth-order valence-electron chi connectivity index (χ4n) is 1.82. The summed E-state index contributed by atoms with van der Waals surface area (Å²) >= 11 is 0. The third kappa shape index (κ3) is 5.94. The minimum atomic E-state index is -0.569. The number of hydrogen-bond acceptors (Lipinski definition) is 2. The number of nitrogens with two attached hydrogens (primary N) is 1. The summed E-state index contributed by atoms with van der Waals surface area (Å²) in [4.78, 5) is 23.4. The van der Waals surface area contributed by atoms with E-state index >= 15 is 0 Å². The number of aryl methyl sites for hydroxylation is 1. The molecule has 0 aliphatic rings. The van der Waals surface area contributed by atoms with Crippen LogP contribution in [0.15, 0.2) is 48.5 Å². The molecule has 2 rings (SSSR count). The maximum absolute atomic E-state index is 12.1. The number of para-hydroxylation sites is 1. The lowest BCUT2D eigenvalue weighted by molar-refractivity contribution is 0.100. The maximum Gasteiger partial charge on any atom is 0.255 e. The molecule has 0 atom stereocenters. The van der Waals surface area contributed by atoms with E-state index in [2.05, 4.69) is 5.32 Å². The molecule has 0 aliphatic carbocycles. The summed E-state index contributed by atoms with van der Waals surface area (Å²) in [6.07, 6.45) is 0. The molecule has 0 spiro atoms. The molecule has 0 aromatic heterocycles. The Bertz CT molecular complexity index is 637. The van der Waals surface area contributed by atoms with E-state index < -0.39 is 5.91 Å². The third-order valence-corrected chi connectivity index (χ3v) is 2.83. The summed E-state index contributed by atoms with van der Waals surface area (Å²) < 4.78 is 0. The zero-order valence-electron chi connectivity index (χ0n) is 14.5. The van der Waals surface area contributed by atoms with Gasteiger partial charge < -0.3 is 11.1 Å². The van der Waals surface area contributed by atoms with Crippen molar-refractivity contribution in [1.29, 1.82) is 0 Å². The van der Waals surface area contributed by atoms with Crippen molar-refractivity contribution < 1.29 is 9.59 Å². The van der Waals surface area contributed by atoms with Crippen molar-refractivity contribution in [3.8, 4) is 0 Å². The van der Waals surface area contributed by atoms with E-state index in [9.17, 15) is 9.59 Å². The summed E-state index contributed by atoms with van der Waals surface area (Å²) in [5.41, 5.74) is 7.43. The number of carbonyl (C=O) groups excluding carboxylic acids is 2. The van der Waals surface area contributed by atoms with E-state index in [0.717, 1.165) is 5.56 Å². The Hall–Kier alpha value is -2.62. The Labute approximate surface area is 138 Å². The van der Waals surface area contributed by atoms with Crippen LogP contribution in [0.3, 0.4) is 0 Å². The normalized spacial score (nSPS) is 8.74. The van der Waals surface area contributed by atoms with E-state index in [0.29, 0.717) is 16.8 Å². The maximum atomic E-state index is 12.1. The summed E-state index contributed by atoms with van der Waals surface area (Å²) in [5, 5.41) is 2.71. The minimum Gasteiger partial charge on any atom is -0.366 e. The van der Waals surface area contributed by atoms with Gasteiger partial charge in [-0.15, -0.1) is 0 Å². The van der Waals surface area contributed by atoms with E-state index in [4.69, 9.17) is 5.73 Å². The number of nitrogens with one attached hydrogen (secondary N) is 1. The molecule has 0 bridgehead atoms. The first-order valence-corrected chi connectivity index (χ1v) is 7.85. The lowest BCUT2D eigenvalue weighted by Gasteiger charge is -2.10. The van der Waals surface area contributed by atoms with Crippen LogP contribution in [0.1, 0.15) is 54.0 Å². The van der Waals surface area contributed by atoms with Crippen LogP contribution in [0, 0.1) is 6.92 Å². The van der Waals surface area contributed by atoms with Crippen molar-refractivity contribution in [3.63, 3.8) is 0 Å². The molecular weight excluding hydrogens is 288 g/mol. The van der Waals surface area contributed by atoms with Crippen LogP contribution in [0.2, 0.25) is 0 Å². The Morgan fingerprint density at radius 3 is 1.83 bits per heavy atom. The SMILES string of the molecule is CC.CC.Cc1ccccc1C(=O)Nc1ccccc1C(N)=O. The molecule has 0 unspecified atom stereocenters. The van der Waals surface area contributed by atoms with Crippen LogP contribution in [0.4, 0.5) is 5.69 Å². The molecule has 0 saturated carbocycles. The van der Waals surface area contributed by atoms with Crippen molar-refractivity contribution in [2.24, 2.45) is 5.73 Å². The average molecular weight is 314 g/mol. The van der Waals surface area contributed by atoms with E-state index in [1.807, 2.05) is 46.8 Å². The molecule has 0 heterocycles. The average Bonchev–Trinajstić information content (AvgIpc) is 2.59. The first-order chi connectivity index (χ1) is 11.1. The van der Waals surface area contributed by atoms with Gasteiger partial charge in [0.05, 0.1) is 11.3 Å². The first kappa shape index (κ1) is 20.4. The number of hydrogen-bond donors (Lipinski definition) is 2. The fraction of sp³-hybridized carbons (Fsp3) is 0.263. The molecule has 23 heavy (non-hydrogen) atoms. The molecule has 2 aromatic rings. The molecule has 0 saturated heterocycles. The van der Waals surface area contributed by atoms with Gasteiger partial charge in [-0.2, -0.15) is 0 Å². The highest BCUT2D eigenvalue weighted by atomic mass is 16.2. The van der Waals surface area contributed by atoms with Gasteiger partial charge in [0.25, 0.3) is 11.8 Å². The van der Waals surface area contributed by atoms with Gasteiger partial charge in [-0.1, -0.05) is 58.0 Å². The van der Waals surface area contributed by atoms with Gasteiger partial charge in [-0.05, 0) is 30.7 Å². The van der Waals surface area contributed by atoms with Crippen LogP contribution < -0.4 is 11.1 Å². The third-order valence-electron chi connectivity index (χ3n) is 2.83. The highest BCUT2D eigenvalue weighted by molar-refractivity contribution is 6.09. The van der Waals surface area contributed by atoms with Gasteiger partial charge in [0.2, 0.25) is 0 Å². The Morgan fingerprint density at radius 1 is 0.826 bits per heavy atom. The summed E-state index contributed by atoms with van der Waals surface area (Å²) in [7, 11) is 0. The number of benzene rings is 2. The van der Waals surface area contributed by atoms with Gasteiger partial charge in [0.1, 0.15) is 0 Å². The molecule has 4 heteroatoms. The number of amides is 2. The van der Waals surface area contributed by atoms with E-state index in [1.165, 1.54) is 0 Å². The molecular formula is C19H26N2O2. The van der Waals surface area contributed by atoms with Gasteiger partial charge in [-0.25, -0.2) is 0 Å². The van der Waals surface area contributed by atoms with Crippen molar-refractivity contribution in [2.75, 3.05) is 5.32 Å². The summed E-state index contributed by atoms with van der Waals surface area (Å²) in [6.45, 7) is 9.86. The second-order valence-corrected chi connectivity index (χ2v) is 4.18. The van der Waals surface area contributed by atoms with E-state index in [-0.39, 0.29) is 5.91 Å². The van der Waals surface area contributed by atoms with E-state index in [1.54, 1.807) is 36.4 Å². The number of anilines is 1. The molecule has 3 N–H and O–H groups in total. The van der Waals surface area contributed by atoms with Crippen LogP contribution in [0.5, 0.6) is 0 Å². The molecule has 4 nitrogen and oxygen atoms in total. The van der Waals surface area contributed by atoms with Crippen molar-refractivity contribution in [3.05, 3.63) is 65.2 Å². The lowest BCUT2D eigenvalue weighted by Crippen LogP contribution is -2.18. The van der Waals surface area contributed by atoms with Gasteiger partial charge in [0.15, 0.2) is 0 Å².